The van der Waals surface area contributed by atoms with Crippen LogP contribution >= 0.6 is 24.1 Å². The van der Waals surface area contributed by atoms with Gasteiger partial charge < -0.3 is 14.2 Å². The number of ketones is 2. The van der Waals surface area contributed by atoms with Crippen LogP contribution in [-0.2, 0) is 64.0 Å². The standard InChI is InChI=1S/C57H38F16O22S5/c1-28-4-6-31(25-43(28)98(78,79)80)46(74)30-8-22-40(42(24-30)96-94-92-76)87-37-16-10-34(11-17-37)48(3,35-12-18-38(19-13-35)88-41-23-9-33(27-45(41)100(84,85)86)47(75)32-7-5-29(2)44(26-32)99(81,82)83)36-14-20-39(21-15-36)89-51(62)49(58,59)52(63,50(51,60)61)90-55(68,69)53(64,54(65,66)67)91-56(70,71)57(72,73)97-95-93-77/h4-27,76-77H,1-3H3,(H,78,79,80)(H,81,82,83)(H,84,85,86). The van der Waals surface area contributed by atoms with Crippen LogP contribution in [0.2, 0.25) is 0 Å². The molecular formula is C57H38F16O22S5. The van der Waals surface area contributed by atoms with Crippen LogP contribution in [0.3, 0.4) is 0 Å². The summed E-state index contributed by atoms with van der Waals surface area (Å²) < 4.78 is 366. The van der Waals surface area contributed by atoms with Crippen LogP contribution < -0.4 is 14.2 Å². The van der Waals surface area contributed by atoms with Gasteiger partial charge in [-0.1, -0.05) is 70.7 Å². The largest absolute Gasteiger partial charge is 0.458 e. The van der Waals surface area contributed by atoms with Crippen LogP contribution in [0, 0.1) is 13.8 Å². The van der Waals surface area contributed by atoms with E-state index < -0.39 is 144 Å². The van der Waals surface area contributed by atoms with Gasteiger partial charge in [0.15, 0.2) is 11.6 Å². The molecule has 7 aromatic rings. The Kier molecular flexibility index (Phi) is 21.2. The fraction of sp³-hybridized carbons (Fsp3) is 0.228. The van der Waals surface area contributed by atoms with Crippen LogP contribution in [0.25, 0.3) is 0 Å². The summed E-state index contributed by atoms with van der Waals surface area (Å²) in [5.74, 6) is -40.5. The molecule has 5 N–H and O–H groups in total. The van der Waals surface area contributed by atoms with Crippen molar-refractivity contribution in [3.8, 4) is 28.7 Å². The maximum atomic E-state index is 16.0. The van der Waals surface area contributed by atoms with Crippen LogP contribution in [-0.4, -0.2) is 114 Å². The Morgan fingerprint density at radius 3 is 1.23 bits per heavy atom. The van der Waals surface area contributed by atoms with E-state index in [0.717, 1.165) is 66.7 Å². The van der Waals surface area contributed by atoms with Crippen LogP contribution in [0.15, 0.2) is 165 Å². The highest BCUT2D eigenvalue weighted by molar-refractivity contribution is 7.95. The van der Waals surface area contributed by atoms with Crippen LogP contribution in [0.5, 0.6) is 28.7 Å². The Morgan fingerprint density at radius 2 is 0.830 bits per heavy atom. The molecule has 0 aromatic heterocycles. The van der Waals surface area contributed by atoms with E-state index in [-0.39, 0.29) is 78.7 Å². The molecule has 100 heavy (non-hydrogen) atoms. The van der Waals surface area contributed by atoms with Gasteiger partial charge in [0.2, 0.25) is 0 Å². The number of benzene rings is 7. The molecule has 0 spiro atoms. The second-order valence-electron chi connectivity index (χ2n) is 21.0. The molecule has 1 aliphatic carbocycles. The fourth-order valence-corrected chi connectivity index (χ4v) is 12.4. The Balaban J connectivity index is 1.14. The van der Waals surface area contributed by atoms with Gasteiger partial charge in [0.05, 0.1) is 26.7 Å². The van der Waals surface area contributed by atoms with Gasteiger partial charge in [-0.3, -0.25) is 32.7 Å². The first kappa shape index (κ1) is 78.0. The average molecular weight is 1540 g/mol. The lowest BCUT2D eigenvalue weighted by Crippen LogP contribution is -2.89. The van der Waals surface area contributed by atoms with Crippen molar-refractivity contribution in [2.45, 2.75) is 98.8 Å². The fourth-order valence-electron chi connectivity index (χ4n) is 9.51. The number of carbonyl (C=O) groups is 2. The van der Waals surface area contributed by atoms with Gasteiger partial charge in [-0.25, -0.2) is 10.5 Å². The van der Waals surface area contributed by atoms with Gasteiger partial charge in [-0.15, -0.1) is 8.67 Å². The minimum absolute atomic E-state index is 0.0196. The third kappa shape index (κ3) is 14.4. The third-order valence-electron chi connectivity index (χ3n) is 14.7. The molecule has 540 valence electrons. The van der Waals surface area contributed by atoms with Crippen molar-refractivity contribution in [2.75, 3.05) is 0 Å². The summed E-state index contributed by atoms with van der Waals surface area (Å²) in [6.45, 7) is 3.99. The van der Waals surface area contributed by atoms with Gasteiger partial charge in [0, 0.05) is 27.7 Å². The van der Waals surface area contributed by atoms with E-state index in [1.807, 2.05) is 4.74 Å². The summed E-state index contributed by atoms with van der Waals surface area (Å²) >= 11 is -2.02. The lowest BCUT2D eigenvalue weighted by Gasteiger charge is -2.56. The smallest absolute Gasteiger partial charge is 0.456 e. The predicted octanol–water partition coefficient (Wildman–Crippen LogP) is 15.0. The maximum Gasteiger partial charge on any atom is 0.458 e. The van der Waals surface area contributed by atoms with Crippen molar-refractivity contribution in [3.63, 3.8) is 0 Å². The molecule has 1 fully saturated rings. The molecule has 0 saturated heterocycles. The van der Waals surface area contributed by atoms with Crippen molar-refractivity contribution in [1.29, 1.82) is 0 Å². The van der Waals surface area contributed by atoms with Crippen LogP contribution in [0.1, 0.15) is 66.6 Å². The second-order valence-corrected chi connectivity index (χ2v) is 26.7. The highest BCUT2D eigenvalue weighted by Crippen LogP contribution is 2.71. The van der Waals surface area contributed by atoms with E-state index in [2.05, 4.69) is 28.2 Å². The lowest BCUT2D eigenvalue weighted by atomic mass is 9.71. The molecule has 43 heteroatoms. The van der Waals surface area contributed by atoms with E-state index in [9.17, 15) is 88.0 Å². The minimum Gasteiger partial charge on any atom is -0.456 e. The molecule has 22 nitrogen and oxygen atoms in total. The molecule has 1 saturated carbocycles. The first-order valence-electron chi connectivity index (χ1n) is 26.5. The molecule has 0 radical (unpaired) electrons. The van der Waals surface area contributed by atoms with Crippen molar-refractivity contribution in [2.24, 2.45) is 0 Å². The van der Waals surface area contributed by atoms with E-state index >= 15 is 30.7 Å². The van der Waals surface area contributed by atoms with E-state index in [1.165, 1.54) is 81.4 Å². The van der Waals surface area contributed by atoms with E-state index in [4.69, 9.17) is 20.0 Å². The number of rotatable bonds is 28. The third-order valence-corrected chi connectivity index (χ3v) is 18.8. The molecule has 7 aromatic carbocycles. The highest BCUT2D eigenvalue weighted by atomic mass is 32.2. The normalized spacial score (nSPS) is 18.6. The van der Waals surface area contributed by atoms with Crippen molar-refractivity contribution in [3.05, 3.63) is 196 Å². The zero-order valence-corrected chi connectivity index (χ0v) is 53.2. The van der Waals surface area contributed by atoms with Crippen LogP contribution in [0.4, 0.5) is 70.2 Å². The Hall–Kier alpha value is -7.73. The number of halogens is 16. The quantitative estimate of drug-likeness (QED) is 0.00578. The molecule has 0 bridgehead atoms. The molecule has 0 heterocycles. The lowest BCUT2D eigenvalue weighted by molar-refractivity contribution is -0.598. The average Bonchev–Trinajstić information content (AvgIpc) is 0.651. The summed E-state index contributed by atoms with van der Waals surface area (Å²) in [5, 5.41) is 16.4. The minimum atomic E-state index is -8.07. The first-order valence-corrected chi connectivity index (χ1v) is 32.3. The number of hydrogen-bond acceptors (Lipinski definition) is 21. The highest BCUT2D eigenvalue weighted by Gasteiger charge is 3.04. The topological polar surface area (TPSA) is 321 Å². The Labute approximate surface area is 558 Å². The predicted molar refractivity (Wildman–Crippen MR) is 305 cm³/mol. The van der Waals surface area contributed by atoms with E-state index in [1.54, 1.807) is 0 Å². The Bertz CT molecular complexity index is 4640. The van der Waals surface area contributed by atoms with Gasteiger partial charge >= 0.3 is 53.1 Å². The summed E-state index contributed by atoms with van der Waals surface area (Å²) in [6.07, 6.45) is -23.4. The maximum absolute atomic E-state index is 16.0. The number of ether oxygens (including phenoxy) is 5. The van der Waals surface area contributed by atoms with Gasteiger partial charge in [0.25, 0.3) is 30.4 Å². The van der Waals surface area contributed by atoms with Gasteiger partial charge in [-0.05, 0) is 134 Å². The van der Waals surface area contributed by atoms with Crippen molar-refractivity contribution < 1.29 is 172 Å². The van der Waals surface area contributed by atoms with Crippen molar-refractivity contribution >= 4 is 66.0 Å². The summed E-state index contributed by atoms with van der Waals surface area (Å²) in [6, 6.07) is 24.7. The molecule has 8 rings (SSSR count). The van der Waals surface area contributed by atoms with Crippen molar-refractivity contribution in [1.82, 2.24) is 0 Å². The number of alkyl halides is 16. The first-order chi connectivity index (χ1) is 45.9. The van der Waals surface area contributed by atoms with Gasteiger partial charge in [0.1, 0.15) is 45.7 Å². The second kappa shape index (κ2) is 27.2. The number of hydrogen-bond donors (Lipinski definition) is 5. The summed E-state index contributed by atoms with van der Waals surface area (Å²) in [4.78, 5) is 24.6. The Morgan fingerprint density at radius 1 is 0.460 bits per heavy atom. The monoisotopic (exact) mass is 1540 g/mol. The van der Waals surface area contributed by atoms with E-state index in [0.29, 0.717) is 18.2 Å². The summed E-state index contributed by atoms with van der Waals surface area (Å²) in [5.41, 5.74) is -2.89. The molecule has 2 unspecified atom stereocenters. The van der Waals surface area contributed by atoms with Gasteiger partial charge in [-0.2, -0.15) is 95.5 Å². The molecule has 1 aliphatic rings. The number of aryl methyl sites for hydroxylation is 2. The molecule has 0 aliphatic heterocycles. The molecule has 2 atom stereocenters. The zero-order valence-electron chi connectivity index (χ0n) is 49.1. The SMILES string of the molecule is Cc1ccc(C(=O)c2ccc(Oc3ccc(C(C)(c4ccc(Oc5ccc(C(=O)c6ccc(C)c(S(=O)(=O)O)c6)cc5S(=O)(=O)O)cc4)c4ccc(OC5(F)C(F)(F)C(F)(OC(F)(F)C(F)(OC(F)(F)C(F)(F)SOOO)C(F)(F)F)C5(F)F)cc4)cc3)c(SOOO)c2)cc1S(=O)(=O)O. The summed E-state index contributed by atoms with van der Waals surface area (Å²) in [7, 11) is -15.0. The molecular weight excluding hydrogens is 1500 g/mol. The number of carbonyl (C=O) groups excluding carboxylic acids is 2. The zero-order chi connectivity index (χ0) is 74.8. The molecule has 0 amide bonds.